The van der Waals surface area contributed by atoms with Crippen molar-refractivity contribution in [2.75, 3.05) is 6.61 Å². The molecule has 1 aliphatic rings. The standard InChI is InChI=1S/C5H9O2/c6-4-5(7)2-1-3-5/h7H,1-4H2. The monoisotopic (exact) mass is 101 g/mol. The van der Waals surface area contributed by atoms with Gasteiger partial charge in [0.25, 0.3) is 0 Å². The molecule has 1 saturated carbocycles. The zero-order valence-electron chi connectivity index (χ0n) is 4.18. The van der Waals surface area contributed by atoms with Gasteiger partial charge in [-0.3, -0.25) is 0 Å². The van der Waals surface area contributed by atoms with Gasteiger partial charge >= 0.3 is 0 Å². The molecule has 1 aliphatic carbocycles. The average Bonchev–Trinajstić information content (AvgIpc) is 1.61. The van der Waals surface area contributed by atoms with Crippen LogP contribution in [0.3, 0.4) is 0 Å². The highest BCUT2D eigenvalue weighted by Crippen LogP contribution is 2.30. The van der Waals surface area contributed by atoms with Crippen LogP contribution in [0.1, 0.15) is 19.3 Å². The van der Waals surface area contributed by atoms with Gasteiger partial charge in [-0.1, -0.05) is 0 Å². The Balaban J connectivity index is 2.29. The Hall–Kier alpha value is -0.0800. The SMILES string of the molecule is [O]CC1(O)CCC1. The van der Waals surface area contributed by atoms with E-state index in [-0.39, 0.29) is 6.61 Å². The van der Waals surface area contributed by atoms with Gasteiger partial charge in [0.1, 0.15) is 6.61 Å². The van der Waals surface area contributed by atoms with Gasteiger partial charge < -0.3 is 5.11 Å². The summed E-state index contributed by atoms with van der Waals surface area (Å²) in [6.07, 6.45) is 2.46. The Bertz CT molecular complexity index is 61.0. The summed E-state index contributed by atoms with van der Waals surface area (Å²) in [5, 5.41) is 18.9. The van der Waals surface area contributed by atoms with Crippen molar-refractivity contribution >= 4 is 0 Å². The van der Waals surface area contributed by atoms with Crippen molar-refractivity contribution in [3.8, 4) is 0 Å². The molecule has 0 spiro atoms. The molecule has 0 aromatic rings. The first kappa shape index (κ1) is 5.06. The van der Waals surface area contributed by atoms with Crippen molar-refractivity contribution in [1.82, 2.24) is 0 Å². The van der Waals surface area contributed by atoms with Crippen LogP contribution in [0.2, 0.25) is 0 Å². The fourth-order valence-electron chi connectivity index (χ4n) is 0.729. The maximum atomic E-state index is 9.98. The summed E-state index contributed by atoms with van der Waals surface area (Å²) >= 11 is 0. The maximum absolute atomic E-state index is 9.98. The fourth-order valence-corrected chi connectivity index (χ4v) is 0.729. The molecular weight excluding hydrogens is 92.1 g/mol. The molecule has 0 bridgehead atoms. The van der Waals surface area contributed by atoms with Gasteiger partial charge in [-0.05, 0) is 19.3 Å². The molecule has 2 heteroatoms. The zero-order chi connectivity index (χ0) is 5.33. The van der Waals surface area contributed by atoms with Crippen molar-refractivity contribution in [2.24, 2.45) is 0 Å². The van der Waals surface area contributed by atoms with Crippen molar-refractivity contribution in [2.45, 2.75) is 24.9 Å². The van der Waals surface area contributed by atoms with Gasteiger partial charge in [-0.25, -0.2) is 5.11 Å². The minimum atomic E-state index is -0.792. The Morgan fingerprint density at radius 2 is 2.14 bits per heavy atom. The van der Waals surface area contributed by atoms with E-state index in [1.165, 1.54) is 0 Å². The third-order valence-corrected chi connectivity index (χ3v) is 1.55. The molecule has 0 aromatic heterocycles. The first-order valence-electron chi connectivity index (χ1n) is 2.57. The lowest BCUT2D eigenvalue weighted by Crippen LogP contribution is -2.39. The number of hydrogen-bond acceptors (Lipinski definition) is 1. The zero-order valence-corrected chi connectivity index (χ0v) is 4.18. The molecule has 7 heavy (non-hydrogen) atoms. The maximum Gasteiger partial charge on any atom is 0.111 e. The molecule has 0 unspecified atom stereocenters. The molecule has 0 atom stereocenters. The van der Waals surface area contributed by atoms with Gasteiger partial charge in [0.15, 0.2) is 0 Å². The molecule has 2 nitrogen and oxygen atoms in total. The van der Waals surface area contributed by atoms with E-state index in [1.54, 1.807) is 0 Å². The predicted molar refractivity (Wildman–Crippen MR) is 24.4 cm³/mol. The lowest BCUT2D eigenvalue weighted by molar-refractivity contribution is -0.0925. The summed E-state index contributed by atoms with van der Waals surface area (Å²) in [6.45, 7) is -0.312. The first-order chi connectivity index (χ1) is 3.27. The van der Waals surface area contributed by atoms with Gasteiger partial charge in [0.2, 0.25) is 0 Å². The van der Waals surface area contributed by atoms with E-state index < -0.39 is 5.60 Å². The molecule has 0 heterocycles. The molecule has 0 saturated heterocycles. The Labute approximate surface area is 42.8 Å². The summed E-state index contributed by atoms with van der Waals surface area (Å²) in [4.78, 5) is 0. The minimum absolute atomic E-state index is 0.312. The van der Waals surface area contributed by atoms with E-state index in [4.69, 9.17) is 5.11 Å². The van der Waals surface area contributed by atoms with Crippen LogP contribution >= 0.6 is 0 Å². The average molecular weight is 101 g/mol. The van der Waals surface area contributed by atoms with Gasteiger partial charge in [-0.15, -0.1) is 0 Å². The molecular formula is C5H9O2. The smallest absolute Gasteiger partial charge is 0.111 e. The van der Waals surface area contributed by atoms with Crippen molar-refractivity contribution in [3.05, 3.63) is 0 Å². The molecule has 41 valence electrons. The Morgan fingerprint density at radius 3 is 2.14 bits per heavy atom. The molecule has 1 N–H and O–H groups in total. The lowest BCUT2D eigenvalue weighted by atomic mass is 9.81. The lowest BCUT2D eigenvalue weighted by Gasteiger charge is -2.33. The molecule has 0 amide bonds. The molecule has 0 aromatic carbocycles. The van der Waals surface area contributed by atoms with Crippen LogP contribution in [0.15, 0.2) is 0 Å². The van der Waals surface area contributed by atoms with Crippen LogP contribution in [0.5, 0.6) is 0 Å². The fraction of sp³-hybridized carbons (Fsp3) is 1.00. The van der Waals surface area contributed by atoms with Crippen molar-refractivity contribution in [3.63, 3.8) is 0 Å². The van der Waals surface area contributed by atoms with Crippen LogP contribution in [-0.4, -0.2) is 17.3 Å². The third-order valence-electron chi connectivity index (χ3n) is 1.55. The van der Waals surface area contributed by atoms with Gasteiger partial charge in [-0.2, -0.15) is 0 Å². The predicted octanol–water partition coefficient (Wildman–Crippen LogP) is 0.332. The van der Waals surface area contributed by atoms with E-state index in [2.05, 4.69) is 0 Å². The van der Waals surface area contributed by atoms with E-state index in [1.807, 2.05) is 0 Å². The van der Waals surface area contributed by atoms with E-state index in [0.29, 0.717) is 0 Å². The largest absolute Gasteiger partial charge is 0.387 e. The summed E-state index contributed by atoms with van der Waals surface area (Å²) in [7, 11) is 0. The molecule has 1 radical (unpaired) electrons. The minimum Gasteiger partial charge on any atom is -0.387 e. The first-order valence-corrected chi connectivity index (χ1v) is 2.57. The summed E-state index contributed by atoms with van der Waals surface area (Å²) < 4.78 is 0. The topological polar surface area (TPSA) is 40.1 Å². The second kappa shape index (κ2) is 1.46. The highest BCUT2D eigenvalue weighted by atomic mass is 16.3. The highest BCUT2D eigenvalue weighted by molar-refractivity contribution is 4.85. The van der Waals surface area contributed by atoms with Gasteiger partial charge in [0.05, 0.1) is 5.60 Å². The summed E-state index contributed by atoms with van der Waals surface area (Å²) in [5.41, 5.74) is -0.792. The van der Waals surface area contributed by atoms with Crippen molar-refractivity contribution in [1.29, 1.82) is 0 Å². The number of aliphatic hydroxyl groups is 1. The van der Waals surface area contributed by atoms with Crippen LogP contribution in [0, 0.1) is 0 Å². The van der Waals surface area contributed by atoms with Gasteiger partial charge in [0, 0.05) is 0 Å². The van der Waals surface area contributed by atoms with E-state index in [0.717, 1.165) is 19.3 Å². The van der Waals surface area contributed by atoms with E-state index >= 15 is 0 Å². The number of hydrogen-bond donors (Lipinski definition) is 1. The molecule has 1 rings (SSSR count). The van der Waals surface area contributed by atoms with Crippen LogP contribution in [0.4, 0.5) is 0 Å². The highest BCUT2D eigenvalue weighted by Gasteiger charge is 2.33. The second-order valence-electron chi connectivity index (χ2n) is 2.22. The quantitative estimate of drug-likeness (QED) is 0.508. The Kier molecular flexibility index (Phi) is 1.05. The Morgan fingerprint density at radius 1 is 1.57 bits per heavy atom. The summed E-state index contributed by atoms with van der Waals surface area (Å²) in [6, 6.07) is 0. The van der Waals surface area contributed by atoms with Crippen LogP contribution < -0.4 is 0 Å². The normalized spacial score (nSPS) is 26.6. The van der Waals surface area contributed by atoms with E-state index in [9.17, 15) is 5.11 Å². The molecule has 0 aliphatic heterocycles. The van der Waals surface area contributed by atoms with Crippen LogP contribution in [-0.2, 0) is 5.11 Å². The molecule has 1 fully saturated rings. The van der Waals surface area contributed by atoms with Crippen molar-refractivity contribution < 1.29 is 10.2 Å². The second-order valence-corrected chi connectivity index (χ2v) is 2.22. The summed E-state index contributed by atoms with van der Waals surface area (Å²) in [5.74, 6) is 0. The van der Waals surface area contributed by atoms with Crippen LogP contribution in [0.25, 0.3) is 0 Å². The number of rotatable bonds is 1. The third kappa shape index (κ3) is 0.763.